The summed E-state index contributed by atoms with van der Waals surface area (Å²) in [5.41, 5.74) is 3.81. The monoisotopic (exact) mass is 287 g/mol. The normalized spacial score (nSPS) is 10.9. The van der Waals surface area contributed by atoms with Gasteiger partial charge in [-0.3, -0.25) is 4.79 Å². The van der Waals surface area contributed by atoms with E-state index in [-0.39, 0.29) is 5.91 Å². The van der Waals surface area contributed by atoms with Crippen molar-refractivity contribution < 1.29 is 4.79 Å². The Bertz CT molecular complexity index is 628. The number of pyridine rings is 1. The van der Waals surface area contributed by atoms with Gasteiger partial charge >= 0.3 is 0 Å². The Hall–Kier alpha value is -2.18. The number of hydrazine groups is 1. The van der Waals surface area contributed by atoms with Gasteiger partial charge in [0.1, 0.15) is 5.82 Å². The highest BCUT2D eigenvalue weighted by Gasteiger charge is 2.12. The molecule has 21 heavy (non-hydrogen) atoms. The topological polar surface area (TPSA) is 83.3 Å². The lowest BCUT2D eigenvalue weighted by Gasteiger charge is -2.14. The molecule has 2 rings (SSSR count). The van der Waals surface area contributed by atoms with Gasteiger partial charge in [-0.1, -0.05) is 25.1 Å². The molecule has 0 aliphatic carbocycles. The van der Waals surface area contributed by atoms with Gasteiger partial charge in [0.05, 0.1) is 11.1 Å². The summed E-state index contributed by atoms with van der Waals surface area (Å²) in [4.78, 5) is 18.8. The first-order valence-corrected chi connectivity index (χ1v) is 6.99. The molecule has 0 aliphatic heterocycles. The third kappa shape index (κ3) is 3.68. The minimum Gasteiger partial charge on any atom is -0.351 e. The maximum absolute atomic E-state index is 12.4. The fourth-order valence-electron chi connectivity index (χ4n) is 2.05. The number of carbonyl (C=O) groups is 1. The van der Waals surface area contributed by atoms with Crippen LogP contribution in [-0.4, -0.2) is 42.5 Å². The van der Waals surface area contributed by atoms with Crippen molar-refractivity contribution in [2.24, 2.45) is 5.84 Å². The molecule has 1 heterocycles. The standard InChI is InChI=1S/C15H21N5O/c1-3-20(2)9-8-17-15(21)12-10-14(19-16)18-13-7-5-4-6-11(12)13/h4-7,10H,3,8-9,16H2,1-2H3,(H,17,21)(H,18,19). The van der Waals surface area contributed by atoms with E-state index in [0.717, 1.165) is 24.0 Å². The van der Waals surface area contributed by atoms with Crippen molar-refractivity contribution in [3.05, 3.63) is 35.9 Å². The molecule has 2 aromatic rings. The molecule has 112 valence electrons. The summed E-state index contributed by atoms with van der Waals surface area (Å²) >= 11 is 0. The van der Waals surface area contributed by atoms with E-state index in [1.165, 1.54) is 0 Å². The first-order valence-electron chi connectivity index (χ1n) is 6.99. The number of nitrogen functional groups attached to an aromatic ring is 1. The molecule has 1 aromatic heterocycles. The Balaban J connectivity index is 2.21. The van der Waals surface area contributed by atoms with Gasteiger partial charge in [-0.25, -0.2) is 10.8 Å². The molecule has 1 amide bonds. The number of anilines is 1. The molecule has 0 saturated heterocycles. The molecule has 6 heteroatoms. The van der Waals surface area contributed by atoms with Crippen LogP contribution < -0.4 is 16.6 Å². The van der Waals surface area contributed by atoms with Gasteiger partial charge in [0.2, 0.25) is 0 Å². The minimum atomic E-state index is -0.116. The first-order chi connectivity index (χ1) is 10.2. The molecular formula is C15H21N5O. The summed E-state index contributed by atoms with van der Waals surface area (Å²) in [6, 6.07) is 9.18. The Labute approximate surface area is 124 Å². The van der Waals surface area contributed by atoms with Crippen LogP contribution in [0.2, 0.25) is 0 Å². The van der Waals surface area contributed by atoms with E-state index in [0.29, 0.717) is 17.9 Å². The average Bonchev–Trinajstić information content (AvgIpc) is 2.53. The fourth-order valence-corrected chi connectivity index (χ4v) is 2.05. The molecule has 1 aromatic carbocycles. The molecule has 0 unspecified atom stereocenters. The summed E-state index contributed by atoms with van der Waals surface area (Å²) < 4.78 is 0. The summed E-state index contributed by atoms with van der Waals surface area (Å²) in [5.74, 6) is 5.78. The SMILES string of the molecule is CCN(C)CCNC(=O)c1cc(NN)nc2ccccc12. The van der Waals surface area contributed by atoms with Crippen LogP contribution >= 0.6 is 0 Å². The molecule has 0 aliphatic rings. The molecule has 6 nitrogen and oxygen atoms in total. The molecule has 0 saturated carbocycles. The van der Waals surface area contributed by atoms with Crippen LogP contribution in [-0.2, 0) is 0 Å². The highest BCUT2D eigenvalue weighted by atomic mass is 16.1. The Morgan fingerprint density at radius 3 is 2.86 bits per heavy atom. The van der Waals surface area contributed by atoms with E-state index >= 15 is 0 Å². The zero-order chi connectivity index (χ0) is 15.2. The van der Waals surface area contributed by atoms with E-state index in [4.69, 9.17) is 5.84 Å². The number of para-hydroxylation sites is 1. The largest absolute Gasteiger partial charge is 0.351 e. The summed E-state index contributed by atoms with van der Waals surface area (Å²) in [5, 5.41) is 3.75. The number of aromatic nitrogens is 1. The summed E-state index contributed by atoms with van der Waals surface area (Å²) in [6.45, 7) is 4.45. The Kier molecular flexibility index (Phi) is 5.08. The number of nitrogens with zero attached hydrogens (tertiary/aromatic N) is 2. The Morgan fingerprint density at radius 2 is 2.14 bits per heavy atom. The second kappa shape index (κ2) is 7.01. The van der Waals surface area contributed by atoms with E-state index in [9.17, 15) is 4.79 Å². The van der Waals surface area contributed by atoms with Gasteiger partial charge in [0, 0.05) is 18.5 Å². The summed E-state index contributed by atoms with van der Waals surface area (Å²) in [7, 11) is 2.02. The second-order valence-corrected chi connectivity index (χ2v) is 4.87. The zero-order valence-electron chi connectivity index (χ0n) is 12.4. The molecule has 4 N–H and O–H groups in total. The lowest BCUT2D eigenvalue weighted by molar-refractivity contribution is 0.0952. The smallest absolute Gasteiger partial charge is 0.252 e. The number of carbonyl (C=O) groups excluding carboxylic acids is 1. The van der Waals surface area contributed by atoms with Crippen LogP contribution in [0, 0.1) is 0 Å². The number of fused-ring (bicyclic) bond motifs is 1. The fraction of sp³-hybridized carbons (Fsp3) is 0.333. The van der Waals surface area contributed by atoms with Crippen molar-refractivity contribution in [1.29, 1.82) is 0 Å². The predicted octanol–water partition coefficient (Wildman–Crippen LogP) is 1.20. The van der Waals surface area contributed by atoms with Crippen LogP contribution in [0.3, 0.4) is 0 Å². The molecule has 0 spiro atoms. The third-order valence-electron chi connectivity index (χ3n) is 3.43. The number of nitrogens with two attached hydrogens (primary N) is 1. The number of hydrogen-bond donors (Lipinski definition) is 3. The van der Waals surface area contributed by atoms with Crippen LogP contribution in [0.25, 0.3) is 10.9 Å². The van der Waals surface area contributed by atoms with Crippen molar-refractivity contribution in [3.63, 3.8) is 0 Å². The van der Waals surface area contributed by atoms with Gasteiger partial charge in [-0.15, -0.1) is 0 Å². The third-order valence-corrected chi connectivity index (χ3v) is 3.43. The lowest BCUT2D eigenvalue weighted by atomic mass is 10.1. The van der Waals surface area contributed by atoms with Crippen LogP contribution in [0.5, 0.6) is 0 Å². The van der Waals surface area contributed by atoms with Crippen LogP contribution in [0.4, 0.5) is 5.82 Å². The summed E-state index contributed by atoms with van der Waals surface area (Å²) in [6.07, 6.45) is 0. The lowest BCUT2D eigenvalue weighted by Crippen LogP contribution is -2.33. The molecular weight excluding hydrogens is 266 g/mol. The van der Waals surface area contributed by atoms with Crippen molar-refractivity contribution >= 4 is 22.6 Å². The average molecular weight is 287 g/mol. The molecule has 0 atom stereocenters. The number of hydrogen-bond acceptors (Lipinski definition) is 5. The minimum absolute atomic E-state index is 0.116. The quantitative estimate of drug-likeness (QED) is 0.549. The van der Waals surface area contributed by atoms with Crippen LogP contribution in [0.15, 0.2) is 30.3 Å². The number of benzene rings is 1. The van der Waals surface area contributed by atoms with Gasteiger partial charge in [-0.2, -0.15) is 0 Å². The zero-order valence-corrected chi connectivity index (χ0v) is 12.4. The van der Waals surface area contributed by atoms with Crippen LogP contribution in [0.1, 0.15) is 17.3 Å². The first kappa shape index (κ1) is 15.2. The Morgan fingerprint density at radius 1 is 1.38 bits per heavy atom. The maximum Gasteiger partial charge on any atom is 0.252 e. The number of rotatable bonds is 6. The molecule has 0 radical (unpaired) electrons. The number of likely N-dealkylation sites (N-methyl/N-ethyl adjacent to an activating group) is 1. The van der Waals surface area contributed by atoms with Crippen molar-refractivity contribution in [2.45, 2.75) is 6.92 Å². The van der Waals surface area contributed by atoms with Crippen molar-refractivity contribution in [3.8, 4) is 0 Å². The van der Waals surface area contributed by atoms with Crippen molar-refractivity contribution in [2.75, 3.05) is 32.1 Å². The molecule has 0 bridgehead atoms. The predicted molar refractivity (Wildman–Crippen MR) is 85.1 cm³/mol. The van der Waals surface area contributed by atoms with E-state index in [1.807, 2.05) is 31.3 Å². The highest BCUT2D eigenvalue weighted by Crippen LogP contribution is 2.20. The number of amides is 1. The van der Waals surface area contributed by atoms with Gasteiger partial charge in [-0.05, 0) is 25.7 Å². The maximum atomic E-state index is 12.4. The molecule has 0 fully saturated rings. The van der Waals surface area contributed by atoms with Gasteiger partial charge in [0.15, 0.2) is 0 Å². The van der Waals surface area contributed by atoms with E-state index in [2.05, 4.69) is 27.6 Å². The van der Waals surface area contributed by atoms with Gasteiger partial charge < -0.3 is 15.6 Å². The van der Waals surface area contributed by atoms with Gasteiger partial charge in [0.25, 0.3) is 5.91 Å². The second-order valence-electron chi connectivity index (χ2n) is 4.87. The van der Waals surface area contributed by atoms with E-state index < -0.39 is 0 Å². The highest BCUT2D eigenvalue weighted by molar-refractivity contribution is 6.06. The number of nitrogens with one attached hydrogen (secondary N) is 2. The van der Waals surface area contributed by atoms with E-state index in [1.54, 1.807) is 6.07 Å². The van der Waals surface area contributed by atoms with Crippen molar-refractivity contribution in [1.82, 2.24) is 15.2 Å².